The van der Waals surface area contributed by atoms with Crippen molar-refractivity contribution in [1.82, 2.24) is 10.2 Å². The smallest absolute Gasteiger partial charge is 0.109 e. The Morgan fingerprint density at radius 2 is 2.06 bits per heavy atom. The maximum absolute atomic E-state index is 13.3. The molecule has 0 aliphatic carbocycles. The minimum Gasteiger partial charge on any atom is -0.314 e. The van der Waals surface area contributed by atoms with Gasteiger partial charge in [-0.15, -0.1) is 12.4 Å². The molecule has 1 atom stereocenters. The maximum Gasteiger partial charge on any atom is 0.109 e. The Bertz CT molecular complexity index is 381. The fraction of sp³-hybridized carbons (Fsp3) is 0.538. The molecule has 0 radical (unpaired) electrons. The van der Waals surface area contributed by atoms with Crippen molar-refractivity contribution in [3.63, 3.8) is 0 Å². The molecule has 1 aliphatic rings. The minimum atomic E-state index is -0.346. The molecule has 1 heterocycles. The van der Waals surface area contributed by atoms with Crippen LogP contribution in [0.3, 0.4) is 0 Å². The molecule has 1 fully saturated rings. The van der Waals surface area contributed by atoms with E-state index in [1.807, 2.05) is 25.1 Å². The van der Waals surface area contributed by atoms with E-state index in [1.165, 1.54) is 0 Å². The standard InChI is InChI=1S/C13H18ClFN2.ClH/c1-10-8-11(2-3-12(10)14)13(9-15)17-6-4-16-5-7-17;/h2-3,8,13,16H,4-7,9H2,1H3;1H/t13-;/m1./s1. The molecule has 0 spiro atoms. The van der Waals surface area contributed by atoms with Crippen molar-refractivity contribution in [1.29, 1.82) is 0 Å². The van der Waals surface area contributed by atoms with Crippen LogP contribution < -0.4 is 5.32 Å². The molecular weight excluding hydrogens is 274 g/mol. The van der Waals surface area contributed by atoms with Gasteiger partial charge in [0.2, 0.25) is 0 Å². The van der Waals surface area contributed by atoms with Crippen molar-refractivity contribution >= 4 is 24.0 Å². The predicted octanol–water partition coefficient (Wildman–Crippen LogP) is 2.99. The average molecular weight is 293 g/mol. The normalized spacial score (nSPS) is 18.2. The summed E-state index contributed by atoms with van der Waals surface area (Å²) in [5, 5.41) is 4.02. The van der Waals surface area contributed by atoms with Crippen LogP contribution in [0.5, 0.6) is 0 Å². The second-order valence-corrected chi connectivity index (χ2v) is 4.87. The maximum atomic E-state index is 13.3. The molecule has 2 rings (SSSR count). The second-order valence-electron chi connectivity index (χ2n) is 4.46. The van der Waals surface area contributed by atoms with E-state index >= 15 is 0 Å². The summed E-state index contributed by atoms with van der Waals surface area (Å²) in [6.45, 7) is 5.28. The Labute approximate surface area is 119 Å². The lowest BCUT2D eigenvalue weighted by Gasteiger charge is -2.33. The highest BCUT2D eigenvalue weighted by atomic mass is 35.5. The molecule has 0 amide bonds. The van der Waals surface area contributed by atoms with Crippen LogP contribution in [-0.2, 0) is 0 Å². The number of aryl methyl sites for hydroxylation is 1. The van der Waals surface area contributed by atoms with Crippen LogP contribution in [0.2, 0.25) is 5.02 Å². The number of benzene rings is 1. The lowest BCUT2D eigenvalue weighted by molar-refractivity contribution is 0.147. The number of hydrogen-bond acceptors (Lipinski definition) is 2. The Kier molecular flexibility index (Phi) is 6.36. The highest BCUT2D eigenvalue weighted by Gasteiger charge is 2.22. The number of hydrogen-bond donors (Lipinski definition) is 1. The molecule has 0 bridgehead atoms. The third kappa shape index (κ3) is 3.58. The van der Waals surface area contributed by atoms with Gasteiger partial charge in [-0.1, -0.05) is 23.7 Å². The van der Waals surface area contributed by atoms with E-state index in [4.69, 9.17) is 11.6 Å². The van der Waals surface area contributed by atoms with Gasteiger partial charge in [0.1, 0.15) is 6.67 Å². The van der Waals surface area contributed by atoms with Gasteiger partial charge in [-0.3, -0.25) is 4.90 Å². The average Bonchev–Trinajstić information content (AvgIpc) is 2.36. The molecule has 102 valence electrons. The molecule has 5 heteroatoms. The van der Waals surface area contributed by atoms with Gasteiger partial charge in [-0.25, -0.2) is 4.39 Å². The van der Waals surface area contributed by atoms with Gasteiger partial charge in [0, 0.05) is 31.2 Å². The summed E-state index contributed by atoms with van der Waals surface area (Å²) in [7, 11) is 0. The quantitative estimate of drug-likeness (QED) is 0.921. The first-order valence-corrected chi connectivity index (χ1v) is 6.37. The van der Waals surface area contributed by atoms with E-state index in [2.05, 4.69) is 10.2 Å². The summed E-state index contributed by atoms with van der Waals surface area (Å²) in [4.78, 5) is 2.19. The third-order valence-corrected chi connectivity index (χ3v) is 3.73. The van der Waals surface area contributed by atoms with Crippen molar-refractivity contribution in [2.45, 2.75) is 13.0 Å². The number of piperazine rings is 1. The van der Waals surface area contributed by atoms with Crippen LogP contribution in [-0.4, -0.2) is 37.8 Å². The first-order valence-electron chi connectivity index (χ1n) is 5.99. The molecule has 18 heavy (non-hydrogen) atoms. The highest BCUT2D eigenvalue weighted by molar-refractivity contribution is 6.31. The molecule has 1 N–H and O–H groups in total. The van der Waals surface area contributed by atoms with Crippen molar-refractivity contribution in [3.8, 4) is 0 Å². The Morgan fingerprint density at radius 1 is 1.39 bits per heavy atom. The summed E-state index contributed by atoms with van der Waals surface area (Å²) in [6, 6.07) is 5.65. The van der Waals surface area contributed by atoms with Gasteiger partial charge in [0.25, 0.3) is 0 Å². The van der Waals surface area contributed by atoms with E-state index in [0.717, 1.165) is 42.3 Å². The van der Waals surface area contributed by atoms with Crippen LogP contribution in [0.4, 0.5) is 4.39 Å². The molecule has 1 saturated heterocycles. The third-order valence-electron chi connectivity index (χ3n) is 3.31. The van der Waals surface area contributed by atoms with E-state index in [1.54, 1.807) is 0 Å². The zero-order chi connectivity index (χ0) is 12.3. The van der Waals surface area contributed by atoms with E-state index in [-0.39, 0.29) is 25.1 Å². The predicted molar refractivity (Wildman–Crippen MR) is 76.6 cm³/mol. The molecule has 1 aromatic carbocycles. The number of nitrogens with one attached hydrogen (secondary N) is 1. The van der Waals surface area contributed by atoms with E-state index in [0.29, 0.717) is 0 Å². The minimum absolute atomic E-state index is 0. The Morgan fingerprint density at radius 3 is 2.61 bits per heavy atom. The Balaban J connectivity index is 0.00000162. The fourth-order valence-corrected chi connectivity index (χ4v) is 2.38. The van der Waals surface area contributed by atoms with Crippen molar-refractivity contribution in [3.05, 3.63) is 34.3 Å². The van der Waals surface area contributed by atoms with Crippen LogP contribution in [0.25, 0.3) is 0 Å². The van der Waals surface area contributed by atoms with Gasteiger partial charge in [-0.05, 0) is 24.1 Å². The monoisotopic (exact) mass is 292 g/mol. The second kappa shape index (κ2) is 7.29. The van der Waals surface area contributed by atoms with E-state index < -0.39 is 0 Å². The summed E-state index contributed by atoms with van der Waals surface area (Å²) < 4.78 is 13.3. The first-order chi connectivity index (χ1) is 8.22. The highest BCUT2D eigenvalue weighted by Crippen LogP contribution is 2.25. The van der Waals surface area contributed by atoms with Gasteiger partial charge in [0.05, 0.1) is 6.04 Å². The summed E-state index contributed by atoms with van der Waals surface area (Å²) in [5.41, 5.74) is 2.04. The van der Waals surface area contributed by atoms with Gasteiger partial charge in [0.15, 0.2) is 0 Å². The molecule has 0 aromatic heterocycles. The van der Waals surface area contributed by atoms with Crippen LogP contribution in [0.1, 0.15) is 17.2 Å². The van der Waals surface area contributed by atoms with Crippen molar-refractivity contribution in [2.24, 2.45) is 0 Å². The topological polar surface area (TPSA) is 15.3 Å². The first kappa shape index (κ1) is 15.7. The largest absolute Gasteiger partial charge is 0.314 e. The SMILES string of the molecule is Cc1cc([C@@H](CF)N2CCNCC2)ccc1Cl.Cl. The number of alkyl halides is 1. The molecule has 0 saturated carbocycles. The van der Waals surface area contributed by atoms with Crippen LogP contribution >= 0.6 is 24.0 Å². The molecule has 2 nitrogen and oxygen atoms in total. The Hall–Kier alpha value is -0.350. The van der Waals surface area contributed by atoms with Gasteiger partial charge >= 0.3 is 0 Å². The zero-order valence-electron chi connectivity index (χ0n) is 10.5. The van der Waals surface area contributed by atoms with Crippen LogP contribution in [0, 0.1) is 6.92 Å². The fourth-order valence-electron chi connectivity index (χ4n) is 2.27. The molecule has 0 unspecified atom stereocenters. The van der Waals surface area contributed by atoms with Crippen molar-refractivity contribution < 1.29 is 4.39 Å². The summed E-state index contributed by atoms with van der Waals surface area (Å²) >= 11 is 6.00. The number of rotatable bonds is 3. The van der Waals surface area contributed by atoms with Gasteiger partial charge < -0.3 is 5.32 Å². The summed E-state index contributed by atoms with van der Waals surface area (Å²) in [6.07, 6.45) is 0. The van der Waals surface area contributed by atoms with E-state index in [9.17, 15) is 4.39 Å². The molecule has 1 aliphatic heterocycles. The van der Waals surface area contributed by atoms with Gasteiger partial charge in [-0.2, -0.15) is 0 Å². The van der Waals surface area contributed by atoms with Crippen LogP contribution in [0.15, 0.2) is 18.2 Å². The molecule has 1 aromatic rings. The zero-order valence-corrected chi connectivity index (χ0v) is 12.0. The molecular formula is C13H19Cl2FN2. The van der Waals surface area contributed by atoms with Crippen molar-refractivity contribution in [2.75, 3.05) is 32.9 Å². The summed E-state index contributed by atoms with van der Waals surface area (Å²) in [5.74, 6) is 0. The lowest BCUT2D eigenvalue weighted by atomic mass is 10.0. The number of halogens is 3. The number of nitrogens with zero attached hydrogens (tertiary/aromatic N) is 1. The lowest BCUT2D eigenvalue weighted by Crippen LogP contribution is -2.45.